The smallest absolute Gasteiger partial charge is 0.0408 e. The van der Waals surface area contributed by atoms with E-state index >= 15 is 0 Å². The fraction of sp³-hybridized carbons (Fsp3) is 0.364. The van der Waals surface area contributed by atoms with Gasteiger partial charge in [-0.05, 0) is 36.5 Å². The molecular formula is C11H14Cl. The summed E-state index contributed by atoms with van der Waals surface area (Å²) < 4.78 is 0. The molecule has 0 aromatic heterocycles. The maximum Gasteiger partial charge on any atom is 0.0408 e. The molecule has 0 heterocycles. The third-order valence-corrected chi connectivity index (χ3v) is 2.54. The van der Waals surface area contributed by atoms with Gasteiger partial charge >= 0.3 is 0 Å². The highest BCUT2D eigenvalue weighted by molar-refractivity contribution is 6.30. The third kappa shape index (κ3) is 2.01. The Hall–Kier alpha value is -0.490. The second-order valence-corrected chi connectivity index (χ2v) is 3.86. The van der Waals surface area contributed by atoms with Gasteiger partial charge in [0.1, 0.15) is 0 Å². The molecule has 0 aliphatic rings. The predicted octanol–water partition coefficient (Wildman–Crippen LogP) is 3.84. The van der Waals surface area contributed by atoms with Gasteiger partial charge in [0.25, 0.3) is 0 Å². The number of halogens is 1. The Labute approximate surface area is 79.6 Å². The fourth-order valence-corrected chi connectivity index (χ4v) is 1.26. The van der Waals surface area contributed by atoms with Crippen LogP contribution in [0.4, 0.5) is 0 Å². The van der Waals surface area contributed by atoms with E-state index in [2.05, 4.69) is 26.8 Å². The van der Waals surface area contributed by atoms with Crippen molar-refractivity contribution in [1.29, 1.82) is 0 Å². The van der Waals surface area contributed by atoms with Crippen molar-refractivity contribution in [3.8, 4) is 0 Å². The second kappa shape index (κ2) is 3.49. The monoisotopic (exact) mass is 181 g/mol. The Morgan fingerprint density at radius 2 is 2.17 bits per heavy atom. The average molecular weight is 182 g/mol. The van der Waals surface area contributed by atoms with Crippen LogP contribution in [0.3, 0.4) is 0 Å². The molecule has 1 rings (SSSR count). The van der Waals surface area contributed by atoms with Gasteiger partial charge in [-0.3, -0.25) is 0 Å². The van der Waals surface area contributed by atoms with Crippen LogP contribution in [0, 0.1) is 6.92 Å². The molecule has 1 atom stereocenters. The van der Waals surface area contributed by atoms with Gasteiger partial charge in [0, 0.05) is 5.02 Å². The van der Waals surface area contributed by atoms with E-state index in [0.29, 0.717) is 0 Å². The van der Waals surface area contributed by atoms with Gasteiger partial charge in [-0.1, -0.05) is 37.6 Å². The van der Waals surface area contributed by atoms with Crippen LogP contribution >= 0.6 is 11.6 Å². The van der Waals surface area contributed by atoms with E-state index in [1.54, 1.807) is 0 Å². The molecule has 1 unspecified atom stereocenters. The van der Waals surface area contributed by atoms with Gasteiger partial charge in [-0.2, -0.15) is 0 Å². The zero-order valence-corrected chi connectivity index (χ0v) is 8.36. The van der Waals surface area contributed by atoms with E-state index in [4.69, 9.17) is 11.6 Å². The van der Waals surface area contributed by atoms with Crippen molar-refractivity contribution in [1.82, 2.24) is 0 Å². The van der Waals surface area contributed by atoms with Crippen LogP contribution in [0.2, 0.25) is 5.02 Å². The molecule has 1 heteroatoms. The summed E-state index contributed by atoms with van der Waals surface area (Å²) in [6, 6.07) is 7.91. The van der Waals surface area contributed by atoms with Crippen LogP contribution in [0.25, 0.3) is 0 Å². The second-order valence-electron chi connectivity index (χ2n) is 3.42. The number of benzene rings is 1. The first-order chi connectivity index (χ1) is 5.56. The van der Waals surface area contributed by atoms with Crippen LogP contribution in [0.5, 0.6) is 0 Å². The summed E-state index contributed by atoms with van der Waals surface area (Å²) in [4.78, 5) is 0. The number of hydrogen-bond acceptors (Lipinski definition) is 0. The van der Waals surface area contributed by atoms with Crippen molar-refractivity contribution in [2.24, 2.45) is 0 Å². The molecule has 1 aromatic carbocycles. The molecule has 65 valence electrons. The normalized spacial score (nSPS) is 11.7. The van der Waals surface area contributed by atoms with Gasteiger partial charge in [0.15, 0.2) is 0 Å². The molecule has 0 spiro atoms. The third-order valence-electron chi connectivity index (χ3n) is 2.30. The summed E-state index contributed by atoms with van der Waals surface area (Å²) in [6.45, 7) is 8.40. The molecule has 0 saturated carbocycles. The molecule has 0 aliphatic heterocycles. The molecule has 0 N–H and O–H groups in total. The van der Waals surface area contributed by atoms with E-state index in [0.717, 1.165) is 11.4 Å². The first-order valence-corrected chi connectivity index (χ1v) is 4.55. The molecule has 0 amide bonds. The van der Waals surface area contributed by atoms with E-state index in [-0.39, 0.29) is 5.41 Å². The van der Waals surface area contributed by atoms with Crippen LogP contribution in [-0.4, -0.2) is 0 Å². The minimum absolute atomic E-state index is 0.00903. The molecule has 0 saturated heterocycles. The maximum absolute atomic E-state index is 5.88. The average Bonchev–Trinajstić information content (AvgIpc) is 2.05. The van der Waals surface area contributed by atoms with E-state index in [1.807, 2.05) is 18.2 Å². The Morgan fingerprint density at radius 3 is 2.67 bits per heavy atom. The van der Waals surface area contributed by atoms with E-state index in [9.17, 15) is 0 Å². The van der Waals surface area contributed by atoms with Crippen molar-refractivity contribution in [3.63, 3.8) is 0 Å². The molecule has 0 bridgehead atoms. The molecule has 0 aliphatic carbocycles. The highest BCUT2D eigenvalue weighted by atomic mass is 35.5. The lowest BCUT2D eigenvalue weighted by atomic mass is 9.82. The van der Waals surface area contributed by atoms with Crippen molar-refractivity contribution < 1.29 is 0 Å². The van der Waals surface area contributed by atoms with Gasteiger partial charge in [0.2, 0.25) is 0 Å². The largest absolute Gasteiger partial charge is 0.0843 e. The maximum atomic E-state index is 5.88. The van der Waals surface area contributed by atoms with Crippen molar-refractivity contribution in [3.05, 3.63) is 41.8 Å². The van der Waals surface area contributed by atoms with Crippen LogP contribution in [0.1, 0.15) is 25.8 Å². The lowest BCUT2D eigenvalue weighted by Gasteiger charge is -2.22. The van der Waals surface area contributed by atoms with Crippen LogP contribution in [-0.2, 0) is 5.41 Å². The van der Waals surface area contributed by atoms with Gasteiger partial charge < -0.3 is 0 Å². The zero-order chi connectivity index (χ0) is 9.19. The Balaban J connectivity index is 3.03. The van der Waals surface area contributed by atoms with Crippen molar-refractivity contribution >= 4 is 11.6 Å². The first-order valence-electron chi connectivity index (χ1n) is 4.17. The minimum Gasteiger partial charge on any atom is -0.0843 e. The summed E-state index contributed by atoms with van der Waals surface area (Å²) in [5.41, 5.74) is 1.20. The molecule has 1 radical (unpaired) electrons. The molecule has 1 aromatic rings. The van der Waals surface area contributed by atoms with Crippen molar-refractivity contribution in [2.75, 3.05) is 0 Å². The zero-order valence-electron chi connectivity index (χ0n) is 7.60. The molecular weight excluding hydrogens is 168 g/mol. The summed E-state index contributed by atoms with van der Waals surface area (Å²) >= 11 is 5.88. The first kappa shape index (κ1) is 9.60. The molecule has 0 fully saturated rings. The summed E-state index contributed by atoms with van der Waals surface area (Å²) in [7, 11) is 0. The molecule has 12 heavy (non-hydrogen) atoms. The molecule has 0 nitrogen and oxygen atoms in total. The van der Waals surface area contributed by atoms with Gasteiger partial charge in [0.05, 0.1) is 0 Å². The summed E-state index contributed by atoms with van der Waals surface area (Å²) in [5.74, 6) is 0. The SMILES string of the molecule is [CH2]C(C)(CC)c1cccc(Cl)c1. The quantitative estimate of drug-likeness (QED) is 0.651. The summed E-state index contributed by atoms with van der Waals surface area (Å²) in [5, 5.41) is 0.788. The topological polar surface area (TPSA) is 0 Å². The Kier molecular flexibility index (Phi) is 2.79. The Bertz CT molecular complexity index is 263. The fourth-order valence-electron chi connectivity index (χ4n) is 1.07. The van der Waals surface area contributed by atoms with Gasteiger partial charge in [-0.25, -0.2) is 0 Å². The number of rotatable bonds is 2. The van der Waals surface area contributed by atoms with E-state index < -0.39 is 0 Å². The highest BCUT2D eigenvalue weighted by Crippen LogP contribution is 2.27. The van der Waals surface area contributed by atoms with Gasteiger partial charge in [-0.15, -0.1) is 0 Å². The summed E-state index contributed by atoms with van der Waals surface area (Å²) in [6.07, 6.45) is 1.02. The predicted molar refractivity (Wildman–Crippen MR) is 54.5 cm³/mol. The Morgan fingerprint density at radius 1 is 1.50 bits per heavy atom. The lowest BCUT2D eigenvalue weighted by Crippen LogP contribution is -2.15. The van der Waals surface area contributed by atoms with Crippen LogP contribution in [0.15, 0.2) is 24.3 Å². The lowest BCUT2D eigenvalue weighted by molar-refractivity contribution is 0.568. The highest BCUT2D eigenvalue weighted by Gasteiger charge is 2.17. The minimum atomic E-state index is -0.00903. The number of hydrogen-bond donors (Lipinski definition) is 0. The van der Waals surface area contributed by atoms with Crippen molar-refractivity contribution in [2.45, 2.75) is 25.7 Å². The standard InChI is InChI=1S/C11H14Cl/c1-4-11(2,3)9-6-5-7-10(12)8-9/h5-8H,2,4H2,1,3H3. The van der Waals surface area contributed by atoms with Crippen LogP contribution < -0.4 is 0 Å². The van der Waals surface area contributed by atoms with E-state index in [1.165, 1.54) is 5.56 Å².